The molecule has 2 saturated heterocycles. The lowest BCUT2D eigenvalue weighted by molar-refractivity contribution is -0.189. The Kier molecular flexibility index (Phi) is 4.95. The zero-order valence-electron chi connectivity index (χ0n) is 16.0. The lowest BCUT2D eigenvalue weighted by Crippen LogP contribution is -2.52. The first-order valence-corrected chi connectivity index (χ1v) is 9.99. The van der Waals surface area contributed by atoms with Crippen LogP contribution in [0, 0.1) is 5.41 Å². The Morgan fingerprint density at radius 3 is 2.22 bits per heavy atom. The molecule has 0 atom stereocenters. The van der Waals surface area contributed by atoms with E-state index in [0.717, 1.165) is 5.56 Å². The average molecular weight is 372 g/mol. The lowest BCUT2D eigenvalue weighted by Gasteiger charge is -2.39. The maximum atomic E-state index is 13.2. The summed E-state index contributed by atoms with van der Waals surface area (Å²) >= 11 is 0. The molecule has 0 N–H and O–H groups in total. The zero-order chi connectivity index (χ0) is 18.9. The molecule has 0 unspecified atom stereocenters. The fourth-order valence-corrected chi connectivity index (χ4v) is 4.22. The van der Waals surface area contributed by atoms with Crippen molar-refractivity contribution in [3.8, 4) is 0 Å². The zero-order valence-corrected chi connectivity index (χ0v) is 16.0. The van der Waals surface area contributed by atoms with E-state index in [2.05, 4.69) is 0 Å². The van der Waals surface area contributed by atoms with Gasteiger partial charge in [-0.2, -0.15) is 0 Å². The molecule has 1 aromatic rings. The second-order valence-electron chi connectivity index (χ2n) is 7.79. The van der Waals surface area contributed by atoms with Crippen LogP contribution >= 0.6 is 0 Å². The number of likely N-dealkylation sites (tertiary alicyclic amines) is 1. The molecule has 3 aliphatic rings. The first-order valence-electron chi connectivity index (χ1n) is 9.99. The van der Waals surface area contributed by atoms with Crippen LogP contribution < -0.4 is 0 Å². The SMILES string of the molecule is CCN(Cc1ccccc1)C(=O)C1(C(=O)N2CCC3(CC2)OCCO3)CC1. The number of amides is 2. The summed E-state index contributed by atoms with van der Waals surface area (Å²) in [4.78, 5) is 30.1. The van der Waals surface area contributed by atoms with Crippen LogP contribution in [0.2, 0.25) is 0 Å². The Morgan fingerprint density at radius 1 is 1.04 bits per heavy atom. The number of carbonyl (C=O) groups is 2. The fraction of sp³-hybridized carbons (Fsp3) is 0.619. The Morgan fingerprint density at radius 2 is 1.67 bits per heavy atom. The third-order valence-corrected chi connectivity index (χ3v) is 6.08. The van der Waals surface area contributed by atoms with Crippen molar-refractivity contribution >= 4 is 11.8 Å². The molecular formula is C21H28N2O4. The van der Waals surface area contributed by atoms with E-state index in [1.807, 2.05) is 47.1 Å². The van der Waals surface area contributed by atoms with Crippen LogP contribution in [0.5, 0.6) is 0 Å². The number of rotatable bonds is 5. The van der Waals surface area contributed by atoms with Crippen molar-refractivity contribution < 1.29 is 19.1 Å². The highest BCUT2D eigenvalue weighted by Crippen LogP contribution is 2.49. The highest BCUT2D eigenvalue weighted by atomic mass is 16.7. The van der Waals surface area contributed by atoms with Gasteiger partial charge in [0.1, 0.15) is 5.41 Å². The van der Waals surface area contributed by atoms with Gasteiger partial charge in [0.2, 0.25) is 11.8 Å². The van der Waals surface area contributed by atoms with Gasteiger partial charge in [0, 0.05) is 39.0 Å². The second-order valence-corrected chi connectivity index (χ2v) is 7.79. The molecule has 0 bridgehead atoms. The van der Waals surface area contributed by atoms with E-state index in [4.69, 9.17) is 9.47 Å². The van der Waals surface area contributed by atoms with Crippen LogP contribution in [0.25, 0.3) is 0 Å². The largest absolute Gasteiger partial charge is 0.347 e. The molecule has 1 aromatic carbocycles. The minimum absolute atomic E-state index is 0.00754. The van der Waals surface area contributed by atoms with E-state index in [0.29, 0.717) is 65.1 Å². The number of ether oxygens (including phenoxy) is 2. The molecule has 0 aromatic heterocycles. The quantitative estimate of drug-likeness (QED) is 0.744. The maximum absolute atomic E-state index is 13.2. The first kappa shape index (κ1) is 18.4. The topological polar surface area (TPSA) is 59.1 Å². The molecular weight excluding hydrogens is 344 g/mol. The lowest BCUT2D eigenvalue weighted by atomic mass is 9.98. The standard InChI is InChI=1S/C21H28N2O4/c1-2-22(16-17-6-4-3-5-7-17)18(24)20(8-9-20)19(25)23-12-10-21(11-13-23)26-14-15-27-21/h3-7H,2,8-16H2,1H3. The van der Waals surface area contributed by atoms with E-state index in [1.165, 1.54) is 0 Å². The van der Waals surface area contributed by atoms with E-state index < -0.39 is 11.2 Å². The average Bonchev–Trinajstić information content (AvgIpc) is 3.41. The minimum Gasteiger partial charge on any atom is -0.347 e. The molecule has 2 heterocycles. The van der Waals surface area contributed by atoms with Crippen LogP contribution in [0.1, 0.15) is 38.2 Å². The van der Waals surface area contributed by atoms with Crippen molar-refractivity contribution in [2.45, 2.75) is 44.9 Å². The molecule has 2 amide bonds. The third kappa shape index (κ3) is 3.48. The molecule has 4 rings (SSSR count). The molecule has 1 saturated carbocycles. The van der Waals surface area contributed by atoms with Crippen molar-refractivity contribution in [2.75, 3.05) is 32.8 Å². The molecule has 146 valence electrons. The van der Waals surface area contributed by atoms with Crippen molar-refractivity contribution in [3.63, 3.8) is 0 Å². The van der Waals surface area contributed by atoms with Crippen LogP contribution in [-0.4, -0.2) is 60.2 Å². The number of hydrogen-bond acceptors (Lipinski definition) is 4. The van der Waals surface area contributed by atoms with Crippen molar-refractivity contribution in [1.29, 1.82) is 0 Å². The summed E-state index contributed by atoms with van der Waals surface area (Å²) in [6.45, 7) is 5.57. The monoisotopic (exact) mass is 372 g/mol. The van der Waals surface area contributed by atoms with Crippen molar-refractivity contribution in [1.82, 2.24) is 9.80 Å². The predicted molar refractivity (Wildman–Crippen MR) is 99.6 cm³/mol. The Balaban J connectivity index is 1.41. The molecule has 3 fully saturated rings. The fourth-order valence-electron chi connectivity index (χ4n) is 4.22. The van der Waals surface area contributed by atoms with E-state index in [1.54, 1.807) is 0 Å². The highest BCUT2D eigenvalue weighted by molar-refractivity contribution is 6.07. The molecule has 6 heteroatoms. The summed E-state index contributed by atoms with van der Waals surface area (Å²) in [6, 6.07) is 9.95. The molecule has 1 aliphatic carbocycles. The molecule has 1 spiro atoms. The second kappa shape index (κ2) is 7.24. The van der Waals surface area contributed by atoms with Gasteiger partial charge >= 0.3 is 0 Å². The molecule has 0 radical (unpaired) electrons. The summed E-state index contributed by atoms with van der Waals surface area (Å²) in [5.74, 6) is -0.528. The molecule has 6 nitrogen and oxygen atoms in total. The number of benzene rings is 1. The summed E-state index contributed by atoms with van der Waals surface area (Å²) in [6.07, 6.45) is 2.68. The van der Waals surface area contributed by atoms with Crippen LogP contribution in [-0.2, 0) is 25.6 Å². The summed E-state index contributed by atoms with van der Waals surface area (Å²) in [5, 5.41) is 0. The van der Waals surface area contributed by atoms with Gasteiger partial charge in [-0.3, -0.25) is 9.59 Å². The van der Waals surface area contributed by atoms with Crippen molar-refractivity contribution in [2.24, 2.45) is 5.41 Å². The number of hydrogen-bond donors (Lipinski definition) is 0. The van der Waals surface area contributed by atoms with Gasteiger partial charge < -0.3 is 19.3 Å². The predicted octanol–water partition coefficient (Wildman–Crippen LogP) is 2.18. The summed E-state index contributed by atoms with van der Waals surface area (Å²) in [7, 11) is 0. The van der Waals surface area contributed by atoms with Gasteiger partial charge in [-0.05, 0) is 25.3 Å². The van der Waals surface area contributed by atoms with Gasteiger partial charge in [-0.15, -0.1) is 0 Å². The third-order valence-electron chi connectivity index (χ3n) is 6.08. The van der Waals surface area contributed by atoms with E-state index in [9.17, 15) is 9.59 Å². The van der Waals surface area contributed by atoms with Gasteiger partial charge in [0.15, 0.2) is 5.79 Å². The van der Waals surface area contributed by atoms with Crippen LogP contribution in [0.3, 0.4) is 0 Å². The molecule has 27 heavy (non-hydrogen) atoms. The van der Waals surface area contributed by atoms with Gasteiger partial charge in [-0.25, -0.2) is 0 Å². The summed E-state index contributed by atoms with van der Waals surface area (Å²) < 4.78 is 11.5. The van der Waals surface area contributed by atoms with Gasteiger partial charge in [0.05, 0.1) is 13.2 Å². The Bertz CT molecular complexity index is 685. The minimum atomic E-state index is -0.841. The number of nitrogens with zero attached hydrogens (tertiary/aromatic N) is 2. The highest BCUT2D eigenvalue weighted by Gasteiger charge is 2.59. The van der Waals surface area contributed by atoms with Gasteiger partial charge in [-0.1, -0.05) is 30.3 Å². The Hall–Kier alpha value is -1.92. The van der Waals surface area contributed by atoms with Crippen molar-refractivity contribution in [3.05, 3.63) is 35.9 Å². The summed E-state index contributed by atoms with van der Waals surface area (Å²) in [5.41, 5.74) is 0.249. The van der Waals surface area contributed by atoms with Crippen LogP contribution in [0.15, 0.2) is 30.3 Å². The number of piperidine rings is 1. The first-order chi connectivity index (χ1) is 13.1. The van der Waals surface area contributed by atoms with E-state index in [-0.39, 0.29) is 11.8 Å². The smallest absolute Gasteiger partial charge is 0.238 e. The van der Waals surface area contributed by atoms with Gasteiger partial charge in [0.25, 0.3) is 0 Å². The molecule has 2 aliphatic heterocycles. The normalized spacial score (nSPS) is 22.6. The van der Waals surface area contributed by atoms with E-state index >= 15 is 0 Å². The maximum Gasteiger partial charge on any atom is 0.238 e. The Labute approximate surface area is 160 Å². The number of carbonyl (C=O) groups excluding carboxylic acids is 2. The van der Waals surface area contributed by atoms with Crippen LogP contribution in [0.4, 0.5) is 0 Å².